The second kappa shape index (κ2) is 9.07. The van der Waals surface area contributed by atoms with E-state index in [0.717, 1.165) is 5.69 Å². The van der Waals surface area contributed by atoms with Gasteiger partial charge in [0.05, 0.1) is 12.9 Å². The first-order chi connectivity index (χ1) is 13.5. The number of hydrogen-bond donors (Lipinski definition) is 1. The number of methoxy groups -OCH3 is 1. The van der Waals surface area contributed by atoms with E-state index in [0.29, 0.717) is 37.5 Å². The molecule has 0 atom stereocenters. The van der Waals surface area contributed by atoms with Crippen molar-refractivity contribution in [3.05, 3.63) is 60.2 Å². The summed E-state index contributed by atoms with van der Waals surface area (Å²) in [6.07, 6.45) is 0. The van der Waals surface area contributed by atoms with Crippen LogP contribution in [0, 0.1) is 0 Å². The van der Waals surface area contributed by atoms with E-state index >= 15 is 0 Å². The maximum absolute atomic E-state index is 12.6. The Morgan fingerprint density at radius 1 is 1.00 bits per heavy atom. The van der Waals surface area contributed by atoms with Crippen molar-refractivity contribution in [2.45, 2.75) is 0 Å². The Balaban J connectivity index is 1.47. The van der Waals surface area contributed by atoms with Crippen molar-refractivity contribution in [2.75, 3.05) is 50.5 Å². The summed E-state index contributed by atoms with van der Waals surface area (Å²) in [6.45, 7) is 2.28. The predicted octanol–water partition coefficient (Wildman–Crippen LogP) is 1.58. The number of hydrogen-bond acceptors (Lipinski definition) is 5. The molecule has 1 aliphatic heterocycles. The van der Waals surface area contributed by atoms with Gasteiger partial charge >= 0.3 is 0 Å². The summed E-state index contributed by atoms with van der Waals surface area (Å²) < 4.78 is 31.7. The number of carbonyl (C=O) groups excluding carboxylic acids is 1. The summed E-state index contributed by atoms with van der Waals surface area (Å²) in [5, 5.41) is 2.67. The van der Waals surface area contributed by atoms with Crippen LogP contribution >= 0.6 is 0 Å². The standard InChI is InChI=1S/C20H25N3O4S/c1-27-19-9-7-17(8-10-19)20(24)21-11-16-28(25,26)23-14-12-22(13-15-23)18-5-3-2-4-6-18/h2-10H,11-16H2,1H3,(H,21,24). The molecule has 0 radical (unpaired) electrons. The number of nitrogens with one attached hydrogen (secondary N) is 1. The first-order valence-electron chi connectivity index (χ1n) is 9.20. The maximum atomic E-state index is 12.6. The second-order valence-corrected chi connectivity index (χ2v) is 8.61. The number of anilines is 1. The maximum Gasteiger partial charge on any atom is 0.251 e. The molecule has 0 spiro atoms. The average molecular weight is 404 g/mol. The summed E-state index contributed by atoms with van der Waals surface area (Å²) in [6, 6.07) is 16.6. The minimum absolute atomic E-state index is 0.0755. The van der Waals surface area contributed by atoms with E-state index in [2.05, 4.69) is 10.2 Å². The minimum atomic E-state index is -3.41. The number of sulfonamides is 1. The summed E-state index contributed by atoms with van der Waals surface area (Å²) >= 11 is 0. The van der Waals surface area contributed by atoms with Crippen LogP contribution < -0.4 is 15.0 Å². The normalized spacial score (nSPS) is 15.2. The van der Waals surface area contributed by atoms with Gasteiger partial charge in [0.1, 0.15) is 5.75 Å². The zero-order chi connectivity index (χ0) is 20.0. The average Bonchev–Trinajstić information content (AvgIpc) is 2.74. The van der Waals surface area contributed by atoms with E-state index in [9.17, 15) is 13.2 Å². The number of amides is 1. The first kappa shape index (κ1) is 20.2. The number of rotatable bonds is 7. The first-order valence-corrected chi connectivity index (χ1v) is 10.8. The largest absolute Gasteiger partial charge is 0.497 e. The number of nitrogens with zero attached hydrogens (tertiary/aromatic N) is 2. The van der Waals surface area contributed by atoms with E-state index in [-0.39, 0.29) is 18.2 Å². The fourth-order valence-electron chi connectivity index (χ4n) is 3.13. The Labute approximate surface area is 166 Å². The molecule has 0 bridgehead atoms. The lowest BCUT2D eigenvalue weighted by molar-refractivity contribution is 0.0956. The fourth-order valence-corrected chi connectivity index (χ4v) is 4.47. The Kier molecular flexibility index (Phi) is 6.53. The highest BCUT2D eigenvalue weighted by Crippen LogP contribution is 2.17. The molecule has 1 N–H and O–H groups in total. The Morgan fingerprint density at radius 2 is 1.64 bits per heavy atom. The summed E-state index contributed by atoms with van der Waals surface area (Å²) in [5.74, 6) is 0.251. The van der Waals surface area contributed by atoms with Crippen LogP contribution in [0.25, 0.3) is 0 Å². The molecule has 3 rings (SSSR count). The SMILES string of the molecule is COc1ccc(C(=O)NCCS(=O)(=O)N2CCN(c3ccccc3)CC2)cc1. The lowest BCUT2D eigenvalue weighted by Crippen LogP contribution is -2.50. The molecule has 1 heterocycles. The smallest absolute Gasteiger partial charge is 0.251 e. The topological polar surface area (TPSA) is 78.9 Å². The Hall–Kier alpha value is -2.58. The molecule has 0 aliphatic carbocycles. The zero-order valence-electron chi connectivity index (χ0n) is 15.9. The van der Waals surface area contributed by atoms with Crippen molar-refractivity contribution in [1.29, 1.82) is 0 Å². The van der Waals surface area contributed by atoms with Gasteiger partial charge in [0, 0.05) is 44.0 Å². The van der Waals surface area contributed by atoms with E-state index in [1.165, 1.54) is 4.31 Å². The Bertz CT molecular complexity index is 877. The van der Waals surface area contributed by atoms with Crippen LogP contribution in [-0.2, 0) is 10.0 Å². The third-order valence-electron chi connectivity index (χ3n) is 4.75. The van der Waals surface area contributed by atoms with Gasteiger partial charge in [0.25, 0.3) is 5.91 Å². The highest BCUT2D eigenvalue weighted by atomic mass is 32.2. The molecule has 8 heteroatoms. The van der Waals surface area contributed by atoms with Gasteiger partial charge in [-0.15, -0.1) is 0 Å². The molecule has 7 nitrogen and oxygen atoms in total. The molecule has 0 unspecified atom stereocenters. The van der Waals surface area contributed by atoms with Crippen molar-refractivity contribution in [2.24, 2.45) is 0 Å². The summed E-state index contributed by atoms with van der Waals surface area (Å²) in [5.41, 5.74) is 1.57. The number of carbonyl (C=O) groups is 1. The fraction of sp³-hybridized carbons (Fsp3) is 0.350. The van der Waals surface area contributed by atoms with Gasteiger partial charge in [0.2, 0.25) is 10.0 Å². The van der Waals surface area contributed by atoms with Gasteiger partial charge in [-0.3, -0.25) is 4.79 Å². The molecule has 1 amide bonds. The van der Waals surface area contributed by atoms with Crippen LogP contribution in [0.3, 0.4) is 0 Å². The minimum Gasteiger partial charge on any atom is -0.497 e. The van der Waals surface area contributed by atoms with Crippen molar-refractivity contribution in [3.63, 3.8) is 0 Å². The molecule has 2 aromatic carbocycles. The molecule has 150 valence electrons. The van der Waals surface area contributed by atoms with Crippen molar-refractivity contribution in [3.8, 4) is 5.75 Å². The van der Waals surface area contributed by atoms with Gasteiger partial charge in [0.15, 0.2) is 0 Å². The van der Waals surface area contributed by atoms with Crippen molar-refractivity contribution >= 4 is 21.6 Å². The van der Waals surface area contributed by atoms with Crippen LogP contribution in [-0.4, -0.2) is 64.2 Å². The van der Waals surface area contributed by atoms with Gasteiger partial charge < -0.3 is 15.0 Å². The van der Waals surface area contributed by atoms with Crippen LogP contribution in [0.5, 0.6) is 5.75 Å². The van der Waals surface area contributed by atoms with Crippen LogP contribution in [0.15, 0.2) is 54.6 Å². The van der Waals surface area contributed by atoms with Crippen LogP contribution in [0.2, 0.25) is 0 Å². The van der Waals surface area contributed by atoms with E-state index in [1.807, 2.05) is 30.3 Å². The summed E-state index contributed by atoms with van der Waals surface area (Å²) in [7, 11) is -1.85. The van der Waals surface area contributed by atoms with Crippen molar-refractivity contribution < 1.29 is 17.9 Å². The molecular weight excluding hydrogens is 378 g/mol. The van der Waals surface area contributed by atoms with Gasteiger partial charge in [-0.2, -0.15) is 4.31 Å². The third-order valence-corrected chi connectivity index (χ3v) is 6.62. The molecule has 1 fully saturated rings. The number of benzene rings is 2. The second-order valence-electron chi connectivity index (χ2n) is 6.52. The van der Waals surface area contributed by atoms with Crippen molar-refractivity contribution in [1.82, 2.24) is 9.62 Å². The quantitative estimate of drug-likeness (QED) is 0.759. The van der Waals surface area contributed by atoms with Gasteiger partial charge in [-0.25, -0.2) is 8.42 Å². The van der Waals surface area contributed by atoms with E-state index < -0.39 is 10.0 Å². The number of ether oxygens (including phenoxy) is 1. The molecule has 0 aromatic heterocycles. The van der Waals surface area contributed by atoms with Gasteiger partial charge in [-0.05, 0) is 36.4 Å². The molecule has 28 heavy (non-hydrogen) atoms. The highest BCUT2D eigenvalue weighted by molar-refractivity contribution is 7.89. The molecule has 1 aliphatic rings. The molecular formula is C20H25N3O4S. The zero-order valence-corrected chi connectivity index (χ0v) is 16.7. The molecule has 0 saturated carbocycles. The lowest BCUT2D eigenvalue weighted by atomic mass is 10.2. The molecule has 1 saturated heterocycles. The van der Waals surface area contributed by atoms with Crippen LogP contribution in [0.1, 0.15) is 10.4 Å². The molecule has 2 aromatic rings. The summed E-state index contributed by atoms with van der Waals surface area (Å²) in [4.78, 5) is 14.3. The number of para-hydroxylation sites is 1. The van der Waals surface area contributed by atoms with Gasteiger partial charge in [-0.1, -0.05) is 18.2 Å². The number of piperazine rings is 1. The lowest BCUT2D eigenvalue weighted by Gasteiger charge is -2.35. The highest BCUT2D eigenvalue weighted by Gasteiger charge is 2.26. The van der Waals surface area contributed by atoms with Crippen LogP contribution in [0.4, 0.5) is 5.69 Å². The third kappa shape index (κ3) is 5.02. The Morgan fingerprint density at radius 3 is 2.25 bits per heavy atom. The monoisotopic (exact) mass is 403 g/mol. The van der Waals surface area contributed by atoms with E-state index in [4.69, 9.17) is 4.74 Å². The van der Waals surface area contributed by atoms with E-state index in [1.54, 1.807) is 31.4 Å². The predicted molar refractivity (Wildman–Crippen MR) is 109 cm³/mol.